The predicted octanol–water partition coefficient (Wildman–Crippen LogP) is 1.18. The quantitative estimate of drug-likeness (QED) is 0.640. The Hall–Kier alpha value is -1.08. The summed E-state index contributed by atoms with van der Waals surface area (Å²) < 4.78 is 4.92. The Balaban J connectivity index is 2.42. The van der Waals surface area contributed by atoms with Crippen LogP contribution in [0.3, 0.4) is 0 Å². The van der Waals surface area contributed by atoms with Gasteiger partial charge in [0.1, 0.15) is 5.41 Å². The smallest absolute Gasteiger partial charge is 0.242 e. The Morgan fingerprint density at radius 1 is 1.60 bits per heavy atom. The number of hydrogen-bond acceptors (Lipinski definition) is 3. The molecule has 0 aromatic heterocycles. The van der Waals surface area contributed by atoms with Gasteiger partial charge >= 0.3 is 0 Å². The fraction of sp³-hybridized carbons (Fsp3) is 0.818. The highest BCUT2D eigenvalue weighted by atomic mass is 16.5. The van der Waals surface area contributed by atoms with Crippen LogP contribution >= 0.6 is 0 Å². The molecule has 0 bridgehead atoms. The topological polar surface area (TPSA) is 53.3 Å². The van der Waals surface area contributed by atoms with E-state index in [1.807, 2.05) is 0 Å². The second kappa shape index (κ2) is 5.13. The second-order valence-corrected chi connectivity index (χ2v) is 4.12. The highest BCUT2D eigenvalue weighted by molar-refractivity contribution is 5.86. The van der Waals surface area contributed by atoms with Crippen LogP contribution in [0.15, 0.2) is 0 Å². The van der Waals surface area contributed by atoms with Crippen LogP contribution in [-0.4, -0.2) is 38.1 Å². The van der Waals surface area contributed by atoms with Crippen molar-refractivity contribution in [1.29, 1.82) is 5.26 Å². The normalized spacial score (nSPS) is 17.7. The maximum Gasteiger partial charge on any atom is 0.242 e. The van der Waals surface area contributed by atoms with Gasteiger partial charge in [0, 0.05) is 27.3 Å². The van der Waals surface area contributed by atoms with Crippen molar-refractivity contribution in [3.8, 4) is 6.07 Å². The van der Waals surface area contributed by atoms with Gasteiger partial charge in [0.15, 0.2) is 0 Å². The number of methoxy groups -OCH3 is 1. The van der Waals surface area contributed by atoms with Crippen LogP contribution in [0.1, 0.15) is 25.7 Å². The minimum Gasteiger partial charge on any atom is -0.385 e. The van der Waals surface area contributed by atoms with Gasteiger partial charge in [-0.25, -0.2) is 0 Å². The van der Waals surface area contributed by atoms with Crippen molar-refractivity contribution in [1.82, 2.24) is 4.90 Å². The van der Waals surface area contributed by atoms with Gasteiger partial charge in [-0.2, -0.15) is 5.26 Å². The first-order valence-electron chi connectivity index (χ1n) is 5.32. The third-order valence-electron chi connectivity index (χ3n) is 3.02. The number of rotatable bonds is 5. The molecule has 84 valence electrons. The predicted molar refractivity (Wildman–Crippen MR) is 56.0 cm³/mol. The fourth-order valence-electron chi connectivity index (χ4n) is 1.82. The summed E-state index contributed by atoms with van der Waals surface area (Å²) in [5.74, 6) is -0.0210. The van der Waals surface area contributed by atoms with E-state index in [9.17, 15) is 4.79 Å². The van der Waals surface area contributed by atoms with Crippen LogP contribution in [0.4, 0.5) is 0 Å². The van der Waals surface area contributed by atoms with Gasteiger partial charge in [-0.3, -0.25) is 4.79 Å². The largest absolute Gasteiger partial charge is 0.385 e. The van der Waals surface area contributed by atoms with E-state index in [1.54, 1.807) is 19.1 Å². The molecule has 0 aromatic rings. The molecule has 1 rings (SSSR count). The average Bonchev–Trinajstić information content (AvgIpc) is 2.17. The van der Waals surface area contributed by atoms with Gasteiger partial charge in [-0.15, -0.1) is 0 Å². The number of carbonyl (C=O) groups excluding carboxylic acids is 1. The fourth-order valence-corrected chi connectivity index (χ4v) is 1.82. The van der Waals surface area contributed by atoms with E-state index in [0.29, 0.717) is 13.2 Å². The summed E-state index contributed by atoms with van der Waals surface area (Å²) in [6.45, 7) is 1.31. The summed E-state index contributed by atoms with van der Waals surface area (Å²) >= 11 is 0. The van der Waals surface area contributed by atoms with Gasteiger partial charge in [-0.05, 0) is 25.7 Å². The molecule has 1 amide bonds. The molecule has 1 aliphatic carbocycles. The highest BCUT2D eigenvalue weighted by Crippen LogP contribution is 2.41. The Bertz CT molecular complexity index is 266. The second-order valence-electron chi connectivity index (χ2n) is 4.12. The van der Waals surface area contributed by atoms with Gasteiger partial charge in [0.25, 0.3) is 0 Å². The zero-order chi connectivity index (χ0) is 11.3. The minimum absolute atomic E-state index is 0.0210. The number of nitrogens with zero attached hydrogens (tertiary/aromatic N) is 2. The number of amides is 1. The number of ether oxygens (including phenoxy) is 1. The minimum atomic E-state index is -0.707. The van der Waals surface area contributed by atoms with Crippen molar-refractivity contribution < 1.29 is 9.53 Å². The van der Waals surface area contributed by atoms with E-state index in [4.69, 9.17) is 10.00 Å². The third-order valence-corrected chi connectivity index (χ3v) is 3.02. The van der Waals surface area contributed by atoms with Gasteiger partial charge in [-0.1, -0.05) is 0 Å². The molecule has 0 saturated heterocycles. The van der Waals surface area contributed by atoms with E-state index in [0.717, 1.165) is 25.7 Å². The first-order valence-corrected chi connectivity index (χ1v) is 5.32. The molecular formula is C11H18N2O2. The third kappa shape index (κ3) is 2.48. The van der Waals surface area contributed by atoms with Crippen LogP contribution in [0.5, 0.6) is 0 Å². The van der Waals surface area contributed by atoms with Gasteiger partial charge in [0.2, 0.25) is 5.91 Å². The van der Waals surface area contributed by atoms with Crippen molar-refractivity contribution in [2.75, 3.05) is 27.3 Å². The summed E-state index contributed by atoms with van der Waals surface area (Å²) in [6.07, 6.45) is 3.25. The molecule has 0 radical (unpaired) electrons. The maximum atomic E-state index is 11.9. The molecule has 4 heteroatoms. The molecule has 0 heterocycles. The van der Waals surface area contributed by atoms with Crippen molar-refractivity contribution >= 4 is 5.91 Å². The van der Waals surface area contributed by atoms with Crippen LogP contribution in [0, 0.1) is 16.7 Å². The number of nitriles is 1. The Kier molecular flexibility index (Phi) is 4.10. The van der Waals surface area contributed by atoms with Crippen LogP contribution in [0.2, 0.25) is 0 Å². The monoisotopic (exact) mass is 210 g/mol. The molecule has 0 aromatic carbocycles. The molecular weight excluding hydrogens is 192 g/mol. The van der Waals surface area contributed by atoms with E-state index >= 15 is 0 Å². The number of carbonyl (C=O) groups is 1. The molecule has 0 N–H and O–H groups in total. The first-order chi connectivity index (χ1) is 7.16. The lowest BCUT2D eigenvalue weighted by atomic mass is 9.69. The standard InChI is InChI=1S/C11H18N2O2/c1-13(7-4-8-15-2)10(14)11(9-12)5-3-6-11/h3-8H2,1-2H3. The van der Waals surface area contributed by atoms with Crippen LogP contribution < -0.4 is 0 Å². The van der Waals surface area contributed by atoms with Crippen molar-refractivity contribution in [3.63, 3.8) is 0 Å². The zero-order valence-corrected chi connectivity index (χ0v) is 9.45. The average molecular weight is 210 g/mol. The molecule has 0 spiro atoms. The molecule has 0 unspecified atom stereocenters. The molecule has 1 saturated carbocycles. The van der Waals surface area contributed by atoms with Crippen molar-refractivity contribution in [2.45, 2.75) is 25.7 Å². The van der Waals surface area contributed by atoms with E-state index < -0.39 is 5.41 Å². The molecule has 4 nitrogen and oxygen atoms in total. The van der Waals surface area contributed by atoms with Crippen molar-refractivity contribution in [3.05, 3.63) is 0 Å². The molecule has 0 aliphatic heterocycles. The van der Waals surface area contributed by atoms with E-state index in [-0.39, 0.29) is 5.91 Å². The Morgan fingerprint density at radius 3 is 2.67 bits per heavy atom. The van der Waals surface area contributed by atoms with Gasteiger partial charge < -0.3 is 9.64 Å². The summed E-state index contributed by atoms with van der Waals surface area (Å²) in [4.78, 5) is 13.6. The Labute approximate surface area is 90.8 Å². The SMILES string of the molecule is COCCCN(C)C(=O)C1(C#N)CCC1. The number of hydrogen-bond donors (Lipinski definition) is 0. The van der Waals surface area contributed by atoms with E-state index in [2.05, 4.69) is 6.07 Å². The molecule has 15 heavy (non-hydrogen) atoms. The first kappa shape index (κ1) is 12.0. The molecule has 0 atom stereocenters. The Morgan fingerprint density at radius 2 is 2.27 bits per heavy atom. The van der Waals surface area contributed by atoms with Crippen molar-refractivity contribution in [2.24, 2.45) is 5.41 Å². The maximum absolute atomic E-state index is 11.9. The molecule has 1 aliphatic rings. The summed E-state index contributed by atoms with van der Waals surface area (Å²) in [6, 6.07) is 2.16. The van der Waals surface area contributed by atoms with Crippen LogP contribution in [-0.2, 0) is 9.53 Å². The lowest BCUT2D eigenvalue weighted by Crippen LogP contribution is -2.45. The lowest BCUT2D eigenvalue weighted by molar-refractivity contribution is -0.141. The summed E-state index contributed by atoms with van der Waals surface area (Å²) in [7, 11) is 3.40. The molecule has 1 fully saturated rings. The van der Waals surface area contributed by atoms with Gasteiger partial charge in [0.05, 0.1) is 6.07 Å². The van der Waals surface area contributed by atoms with E-state index in [1.165, 1.54) is 0 Å². The summed E-state index contributed by atoms with van der Waals surface area (Å²) in [5, 5.41) is 9.01. The summed E-state index contributed by atoms with van der Waals surface area (Å²) in [5.41, 5.74) is -0.707. The highest BCUT2D eigenvalue weighted by Gasteiger charge is 2.45. The zero-order valence-electron chi connectivity index (χ0n) is 9.45. The lowest BCUT2D eigenvalue weighted by Gasteiger charge is -2.36. The van der Waals surface area contributed by atoms with Crippen LogP contribution in [0.25, 0.3) is 0 Å².